The van der Waals surface area contributed by atoms with E-state index < -0.39 is 11.8 Å². The Kier molecular flexibility index (Phi) is 3.97. The molecule has 0 amide bonds. The number of H-pyrrole nitrogens is 1. The molecular formula is C13H11ClFN2O2+. The van der Waals surface area contributed by atoms with E-state index in [9.17, 15) is 9.18 Å². The van der Waals surface area contributed by atoms with Crippen LogP contribution in [0.1, 0.15) is 15.9 Å². The lowest BCUT2D eigenvalue weighted by Gasteiger charge is -2.07. The van der Waals surface area contributed by atoms with Crippen LogP contribution in [0, 0.1) is 5.82 Å². The van der Waals surface area contributed by atoms with Crippen LogP contribution in [0.3, 0.4) is 0 Å². The van der Waals surface area contributed by atoms with E-state index >= 15 is 0 Å². The number of ether oxygens (including phenoxy) is 1. The summed E-state index contributed by atoms with van der Waals surface area (Å²) in [6.45, 7) is -0.251. The molecule has 0 aliphatic heterocycles. The summed E-state index contributed by atoms with van der Waals surface area (Å²) in [5.41, 5.74) is 5.92. The number of aromatic amines is 1. The van der Waals surface area contributed by atoms with Crippen molar-refractivity contribution in [3.63, 3.8) is 0 Å². The zero-order valence-electron chi connectivity index (χ0n) is 9.82. The Bertz CT molecular complexity index is 599. The second-order valence-electron chi connectivity index (χ2n) is 3.77. The second kappa shape index (κ2) is 5.67. The third kappa shape index (κ3) is 3.00. The zero-order chi connectivity index (χ0) is 13.8. The molecule has 2 rings (SSSR count). The third-order valence-electron chi connectivity index (χ3n) is 2.52. The molecular weight excluding hydrogens is 271 g/mol. The first-order chi connectivity index (χ1) is 9.09. The van der Waals surface area contributed by atoms with Gasteiger partial charge in [-0.2, -0.15) is 0 Å². The van der Waals surface area contributed by atoms with Gasteiger partial charge in [-0.3, -0.25) is 5.73 Å². The van der Waals surface area contributed by atoms with Crippen LogP contribution < -0.4 is 10.7 Å². The first-order valence-electron chi connectivity index (χ1n) is 5.46. The maximum atomic E-state index is 13.5. The highest BCUT2D eigenvalue weighted by Gasteiger charge is 2.16. The van der Waals surface area contributed by atoms with E-state index in [0.29, 0.717) is 0 Å². The van der Waals surface area contributed by atoms with Crippen molar-refractivity contribution in [1.29, 1.82) is 0 Å². The highest BCUT2D eigenvalue weighted by atomic mass is 35.5. The molecule has 0 fully saturated rings. The van der Waals surface area contributed by atoms with Crippen molar-refractivity contribution in [2.45, 2.75) is 6.61 Å². The Labute approximate surface area is 114 Å². The molecule has 0 saturated carbocycles. The number of nitrogen functional groups attached to an aromatic ring is 1. The van der Waals surface area contributed by atoms with Gasteiger partial charge in [-0.05, 0) is 24.3 Å². The van der Waals surface area contributed by atoms with Crippen molar-refractivity contribution in [2.75, 3.05) is 5.73 Å². The number of benzene rings is 1. The number of carbonyl (C=O) groups excluding carboxylic acids is 1. The van der Waals surface area contributed by atoms with Crippen molar-refractivity contribution in [2.24, 2.45) is 0 Å². The van der Waals surface area contributed by atoms with Gasteiger partial charge in [0.2, 0.25) is 0 Å². The van der Waals surface area contributed by atoms with Gasteiger partial charge in [0.05, 0.1) is 11.2 Å². The molecule has 0 unspecified atom stereocenters. The fraction of sp³-hybridized carbons (Fsp3) is 0.0769. The highest BCUT2D eigenvalue weighted by Crippen LogP contribution is 2.20. The third-order valence-corrected chi connectivity index (χ3v) is 2.87. The quantitative estimate of drug-likeness (QED) is 0.877. The number of nitrogens with one attached hydrogen (secondary N) is 1. The summed E-state index contributed by atoms with van der Waals surface area (Å²) in [6, 6.07) is 7.38. The van der Waals surface area contributed by atoms with E-state index in [4.69, 9.17) is 22.1 Å². The van der Waals surface area contributed by atoms with Gasteiger partial charge in [-0.1, -0.05) is 17.7 Å². The summed E-state index contributed by atoms with van der Waals surface area (Å²) in [6.07, 6.45) is 1.58. The number of hydrogen-bond acceptors (Lipinski definition) is 3. The minimum Gasteiger partial charge on any atom is -0.457 e. The van der Waals surface area contributed by atoms with E-state index in [1.807, 2.05) is 0 Å². The van der Waals surface area contributed by atoms with Crippen molar-refractivity contribution >= 4 is 23.4 Å². The first-order valence-corrected chi connectivity index (χ1v) is 5.83. The van der Waals surface area contributed by atoms with Gasteiger partial charge in [0.25, 0.3) is 5.82 Å². The van der Waals surface area contributed by atoms with E-state index in [-0.39, 0.29) is 28.6 Å². The Morgan fingerprint density at radius 2 is 2.16 bits per heavy atom. The number of rotatable bonds is 3. The molecule has 19 heavy (non-hydrogen) atoms. The van der Waals surface area contributed by atoms with Crippen molar-refractivity contribution in [3.8, 4) is 0 Å². The van der Waals surface area contributed by atoms with Gasteiger partial charge < -0.3 is 4.74 Å². The monoisotopic (exact) mass is 281 g/mol. The summed E-state index contributed by atoms with van der Waals surface area (Å²) in [7, 11) is 0. The van der Waals surface area contributed by atoms with E-state index in [1.54, 1.807) is 12.3 Å². The van der Waals surface area contributed by atoms with Gasteiger partial charge >= 0.3 is 5.97 Å². The molecule has 0 aliphatic carbocycles. The van der Waals surface area contributed by atoms with E-state index in [0.717, 1.165) is 0 Å². The molecule has 4 nitrogen and oxygen atoms in total. The molecule has 0 atom stereocenters. The van der Waals surface area contributed by atoms with Crippen LogP contribution >= 0.6 is 11.6 Å². The minimum atomic E-state index is -0.645. The molecule has 3 N–H and O–H groups in total. The fourth-order valence-electron chi connectivity index (χ4n) is 1.51. The van der Waals surface area contributed by atoms with Crippen molar-refractivity contribution in [1.82, 2.24) is 0 Å². The van der Waals surface area contributed by atoms with Gasteiger partial charge in [-0.25, -0.2) is 14.2 Å². The molecule has 0 spiro atoms. The lowest BCUT2D eigenvalue weighted by atomic mass is 10.2. The number of nitrogens with two attached hydrogens (primary N) is 1. The Hall–Kier alpha value is -2.14. The highest BCUT2D eigenvalue weighted by molar-refractivity contribution is 6.31. The largest absolute Gasteiger partial charge is 0.457 e. The Morgan fingerprint density at radius 1 is 1.37 bits per heavy atom. The lowest BCUT2D eigenvalue weighted by molar-refractivity contribution is -0.360. The molecule has 1 heterocycles. The number of anilines is 1. The Balaban J connectivity index is 2.11. The van der Waals surface area contributed by atoms with Crippen LogP contribution in [0.4, 0.5) is 10.2 Å². The summed E-state index contributed by atoms with van der Waals surface area (Å²) < 4.78 is 18.5. The molecule has 0 aliphatic rings. The lowest BCUT2D eigenvalue weighted by Crippen LogP contribution is -2.17. The smallest absolute Gasteiger partial charge is 0.346 e. The minimum absolute atomic E-state index is 0.135. The second-order valence-corrected chi connectivity index (χ2v) is 4.18. The average Bonchev–Trinajstić information content (AvgIpc) is 2.38. The first kappa shape index (κ1) is 13.3. The van der Waals surface area contributed by atoms with Gasteiger partial charge in [-0.15, -0.1) is 0 Å². The molecule has 98 valence electrons. The number of esters is 1. The fourth-order valence-corrected chi connectivity index (χ4v) is 1.73. The standard InChI is InChI=1S/C13H10ClFN2O2/c14-10-4-1-5-11(15)9(10)7-19-13(18)8-3-2-6-17-12(8)16/h1-6H,7H2,(H2,16,17)/p+1. The summed E-state index contributed by atoms with van der Waals surface area (Å²) in [5, 5.41) is 0.209. The maximum Gasteiger partial charge on any atom is 0.346 e. The van der Waals surface area contributed by atoms with Crippen LogP contribution in [-0.4, -0.2) is 5.97 Å². The Morgan fingerprint density at radius 3 is 2.84 bits per heavy atom. The summed E-state index contributed by atoms with van der Waals surface area (Å²) in [5.74, 6) is -0.978. The van der Waals surface area contributed by atoms with E-state index in [1.165, 1.54) is 24.3 Å². The molecule has 0 bridgehead atoms. The van der Waals surface area contributed by atoms with Gasteiger partial charge in [0.15, 0.2) is 0 Å². The maximum absolute atomic E-state index is 13.5. The number of carbonyl (C=O) groups is 1. The number of pyridine rings is 1. The summed E-state index contributed by atoms with van der Waals surface area (Å²) >= 11 is 5.83. The average molecular weight is 282 g/mol. The van der Waals surface area contributed by atoms with Crippen molar-refractivity contribution < 1.29 is 18.9 Å². The topological polar surface area (TPSA) is 66.5 Å². The summed E-state index contributed by atoms with van der Waals surface area (Å²) in [4.78, 5) is 14.5. The van der Waals surface area contributed by atoms with Crippen molar-refractivity contribution in [3.05, 3.63) is 58.5 Å². The normalized spacial score (nSPS) is 10.2. The van der Waals surface area contributed by atoms with Crippen LogP contribution in [0.5, 0.6) is 0 Å². The van der Waals surface area contributed by atoms with Crippen LogP contribution in [0.25, 0.3) is 0 Å². The van der Waals surface area contributed by atoms with Crippen LogP contribution in [-0.2, 0) is 11.3 Å². The van der Waals surface area contributed by atoms with Gasteiger partial charge in [0.1, 0.15) is 18.0 Å². The van der Waals surface area contributed by atoms with Crippen LogP contribution in [0.2, 0.25) is 5.02 Å². The molecule has 1 aromatic carbocycles. The zero-order valence-corrected chi connectivity index (χ0v) is 10.6. The van der Waals surface area contributed by atoms with Crippen LogP contribution in [0.15, 0.2) is 36.5 Å². The molecule has 0 saturated heterocycles. The molecule has 2 aromatic rings. The predicted molar refractivity (Wildman–Crippen MR) is 67.9 cm³/mol. The molecule has 1 aromatic heterocycles. The number of aromatic nitrogens is 1. The molecule has 6 heteroatoms. The number of hydrogen-bond donors (Lipinski definition) is 1. The predicted octanol–water partition coefficient (Wildman–Crippen LogP) is 2.23. The number of halogens is 2. The molecule has 0 radical (unpaired) electrons. The SMILES string of the molecule is Nc1[nH+]cccc1C(=O)OCc1c(F)cccc1Cl. The van der Waals surface area contributed by atoms with E-state index in [2.05, 4.69) is 4.98 Å². The van der Waals surface area contributed by atoms with Gasteiger partial charge in [0, 0.05) is 5.56 Å².